The van der Waals surface area contributed by atoms with Crippen molar-refractivity contribution in [1.29, 1.82) is 0 Å². The summed E-state index contributed by atoms with van der Waals surface area (Å²) in [7, 11) is 0. The second-order valence-corrected chi connectivity index (χ2v) is 9.68. The average molecular weight is 461 g/mol. The molecule has 182 valence electrons. The van der Waals surface area contributed by atoms with Gasteiger partial charge in [0.05, 0.1) is 5.56 Å². The van der Waals surface area contributed by atoms with Crippen LogP contribution in [0.1, 0.15) is 107 Å². The smallest absolute Gasteiger partial charge is 0.416 e. The monoisotopic (exact) mass is 460 g/mol. The Hall–Kier alpha value is -1.97. The summed E-state index contributed by atoms with van der Waals surface area (Å²) < 4.78 is 43.6. The summed E-state index contributed by atoms with van der Waals surface area (Å²) in [5.41, 5.74) is 1.78. The van der Waals surface area contributed by atoms with Gasteiger partial charge in [0.15, 0.2) is 0 Å². The van der Waals surface area contributed by atoms with Crippen LogP contribution in [-0.2, 0) is 12.8 Å². The maximum atomic E-state index is 12.7. The number of hydrogen-bond acceptors (Lipinski definition) is 1. The predicted molar refractivity (Wildman–Crippen MR) is 130 cm³/mol. The molecule has 0 spiro atoms. The van der Waals surface area contributed by atoms with Crippen LogP contribution in [-0.4, -0.2) is 0 Å². The number of unbranched alkanes of at least 4 members (excludes halogenated alkanes) is 6. The van der Waals surface area contributed by atoms with Crippen LogP contribution in [0.4, 0.5) is 13.2 Å². The highest BCUT2D eigenvalue weighted by atomic mass is 19.4. The highest BCUT2D eigenvalue weighted by molar-refractivity contribution is 5.30. The standard InChI is InChI=1S/C29H39F3O/c1-2-3-4-5-6-7-8-9-23-10-14-25(15-11-23)26-16-12-24(13-17-26)22-33-28-20-18-27(19-21-28)29(30,31)32/h12-13,16-21,23,25H,2-11,14-15,22H2,1H3/t23-,25-. The molecule has 3 rings (SSSR count). The second-order valence-electron chi connectivity index (χ2n) is 9.68. The molecule has 2 aromatic carbocycles. The van der Waals surface area contributed by atoms with Gasteiger partial charge in [-0.3, -0.25) is 0 Å². The molecule has 1 saturated carbocycles. The van der Waals surface area contributed by atoms with Crippen molar-refractivity contribution in [3.63, 3.8) is 0 Å². The van der Waals surface area contributed by atoms with Crippen LogP contribution in [0.15, 0.2) is 48.5 Å². The van der Waals surface area contributed by atoms with Gasteiger partial charge in [0, 0.05) is 0 Å². The SMILES string of the molecule is CCCCCCCCC[C@H]1CC[C@H](c2ccc(COc3ccc(C(F)(F)F)cc3)cc2)CC1. The molecule has 1 aliphatic carbocycles. The van der Waals surface area contributed by atoms with Gasteiger partial charge in [-0.1, -0.05) is 82.6 Å². The number of ether oxygens (including phenoxy) is 1. The lowest BCUT2D eigenvalue weighted by molar-refractivity contribution is -0.137. The van der Waals surface area contributed by atoms with E-state index in [4.69, 9.17) is 4.74 Å². The van der Waals surface area contributed by atoms with Gasteiger partial charge >= 0.3 is 6.18 Å². The largest absolute Gasteiger partial charge is 0.489 e. The van der Waals surface area contributed by atoms with Crippen LogP contribution in [0.2, 0.25) is 0 Å². The van der Waals surface area contributed by atoms with Gasteiger partial charge in [0.25, 0.3) is 0 Å². The number of rotatable bonds is 12. The minimum Gasteiger partial charge on any atom is -0.489 e. The molecule has 1 aliphatic rings. The molecule has 0 radical (unpaired) electrons. The second kappa shape index (κ2) is 13.1. The van der Waals surface area contributed by atoms with E-state index in [1.165, 1.54) is 94.7 Å². The molecule has 2 aromatic rings. The lowest BCUT2D eigenvalue weighted by Crippen LogP contribution is -2.13. The van der Waals surface area contributed by atoms with Crippen molar-refractivity contribution in [3.05, 3.63) is 65.2 Å². The highest BCUT2D eigenvalue weighted by Crippen LogP contribution is 2.38. The first-order chi connectivity index (χ1) is 16.0. The third-order valence-corrected chi connectivity index (χ3v) is 7.10. The van der Waals surface area contributed by atoms with Crippen LogP contribution in [0.3, 0.4) is 0 Å². The lowest BCUT2D eigenvalue weighted by atomic mass is 9.77. The molecule has 4 heteroatoms. The normalized spacial score (nSPS) is 18.9. The first kappa shape index (κ1) is 25.6. The molecular formula is C29H39F3O. The van der Waals surface area contributed by atoms with E-state index in [0.29, 0.717) is 18.3 Å². The van der Waals surface area contributed by atoms with Gasteiger partial charge in [-0.2, -0.15) is 13.2 Å². The summed E-state index contributed by atoms with van der Waals surface area (Å²) in [6, 6.07) is 13.4. The average Bonchev–Trinajstić information content (AvgIpc) is 2.83. The van der Waals surface area contributed by atoms with Crippen LogP contribution >= 0.6 is 0 Å². The van der Waals surface area contributed by atoms with Gasteiger partial charge in [0.2, 0.25) is 0 Å². The Bertz CT molecular complexity index is 787. The first-order valence-electron chi connectivity index (χ1n) is 12.8. The third-order valence-electron chi connectivity index (χ3n) is 7.10. The van der Waals surface area contributed by atoms with Gasteiger partial charge in [0.1, 0.15) is 12.4 Å². The molecule has 0 bridgehead atoms. The molecule has 0 N–H and O–H groups in total. The molecule has 1 fully saturated rings. The van der Waals surface area contributed by atoms with E-state index in [1.807, 2.05) is 0 Å². The summed E-state index contributed by atoms with van der Waals surface area (Å²) in [4.78, 5) is 0. The summed E-state index contributed by atoms with van der Waals surface area (Å²) >= 11 is 0. The Morgan fingerprint density at radius 3 is 1.97 bits per heavy atom. The Kier molecular flexibility index (Phi) is 10.1. The van der Waals surface area contributed by atoms with Crippen molar-refractivity contribution in [2.45, 2.75) is 103 Å². The number of benzene rings is 2. The quantitative estimate of drug-likeness (QED) is 0.286. The highest BCUT2D eigenvalue weighted by Gasteiger charge is 2.30. The molecular weight excluding hydrogens is 421 g/mol. The Morgan fingerprint density at radius 2 is 1.36 bits per heavy atom. The summed E-state index contributed by atoms with van der Waals surface area (Å²) in [5, 5.41) is 0. The van der Waals surface area contributed by atoms with E-state index in [-0.39, 0.29) is 0 Å². The van der Waals surface area contributed by atoms with Crippen LogP contribution in [0, 0.1) is 5.92 Å². The maximum absolute atomic E-state index is 12.7. The van der Waals surface area contributed by atoms with Crippen molar-refractivity contribution < 1.29 is 17.9 Å². The number of alkyl halides is 3. The lowest BCUT2D eigenvalue weighted by Gasteiger charge is -2.29. The summed E-state index contributed by atoms with van der Waals surface area (Å²) in [6.45, 7) is 2.63. The van der Waals surface area contributed by atoms with Gasteiger partial charge in [-0.25, -0.2) is 0 Å². The fourth-order valence-electron chi connectivity index (χ4n) is 4.97. The molecule has 0 unspecified atom stereocenters. The fourth-order valence-corrected chi connectivity index (χ4v) is 4.97. The molecule has 1 nitrogen and oxygen atoms in total. The Morgan fingerprint density at radius 1 is 0.758 bits per heavy atom. The van der Waals surface area contributed by atoms with E-state index in [9.17, 15) is 13.2 Å². The zero-order valence-corrected chi connectivity index (χ0v) is 20.0. The zero-order chi connectivity index (χ0) is 23.5. The molecule has 0 aromatic heterocycles. The Labute approximate surface area is 197 Å². The Balaban J connectivity index is 1.35. The fraction of sp³-hybridized carbons (Fsp3) is 0.586. The minimum atomic E-state index is -4.32. The topological polar surface area (TPSA) is 9.23 Å². The van der Waals surface area contributed by atoms with Crippen LogP contribution < -0.4 is 4.74 Å². The maximum Gasteiger partial charge on any atom is 0.416 e. The van der Waals surface area contributed by atoms with Crippen LogP contribution in [0.25, 0.3) is 0 Å². The predicted octanol–water partition coefficient (Wildman–Crippen LogP) is 9.70. The van der Waals surface area contributed by atoms with E-state index in [1.54, 1.807) is 0 Å². The number of hydrogen-bond donors (Lipinski definition) is 0. The molecule has 33 heavy (non-hydrogen) atoms. The minimum absolute atomic E-state index is 0.358. The van der Waals surface area contributed by atoms with Crippen molar-refractivity contribution in [1.82, 2.24) is 0 Å². The van der Waals surface area contributed by atoms with E-state index in [0.717, 1.165) is 23.6 Å². The molecule has 0 aliphatic heterocycles. The van der Waals surface area contributed by atoms with Gasteiger partial charge in [-0.15, -0.1) is 0 Å². The number of halogens is 3. The molecule has 0 amide bonds. The van der Waals surface area contributed by atoms with E-state index in [2.05, 4.69) is 31.2 Å². The van der Waals surface area contributed by atoms with Crippen molar-refractivity contribution in [2.75, 3.05) is 0 Å². The van der Waals surface area contributed by atoms with Crippen molar-refractivity contribution in [3.8, 4) is 5.75 Å². The molecule has 0 heterocycles. The van der Waals surface area contributed by atoms with Crippen LogP contribution in [0.5, 0.6) is 5.75 Å². The van der Waals surface area contributed by atoms with Gasteiger partial charge in [-0.05, 0) is 72.9 Å². The zero-order valence-electron chi connectivity index (χ0n) is 20.0. The van der Waals surface area contributed by atoms with Crippen molar-refractivity contribution >= 4 is 0 Å². The summed E-state index contributed by atoms with van der Waals surface area (Å²) in [6.07, 6.45) is 12.1. The van der Waals surface area contributed by atoms with E-state index < -0.39 is 11.7 Å². The van der Waals surface area contributed by atoms with E-state index >= 15 is 0 Å². The first-order valence-corrected chi connectivity index (χ1v) is 12.8. The van der Waals surface area contributed by atoms with Crippen molar-refractivity contribution in [2.24, 2.45) is 5.92 Å². The van der Waals surface area contributed by atoms with Gasteiger partial charge < -0.3 is 4.74 Å². The molecule has 0 atom stereocenters. The molecule has 0 saturated heterocycles. The summed E-state index contributed by atoms with van der Waals surface area (Å²) in [5.74, 6) is 2.01. The third kappa shape index (κ3) is 8.72.